The summed E-state index contributed by atoms with van der Waals surface area (Å²) in [6.45, 7) is 3.14. The summed E-state index contributed by atoms with van der Waals surface area (Å²) in [7, 11) is 1.60. The molecule has 4 nitrogen and oxygen atoms in total. The lowest BCUT2D eigenvalue weighted by Gasteiger charge is -2.32. The van der Waals surface area contributed by atoms with Gasteiger partial charge in [-0.1, -0.05) is 6.07 Å². The summed E-state index contributed by atoms with van der Waals surface area (Å²) in [5.41, 5.74) is 1.79. The first-order chi connectivity index (χ1) is 10.1. The summed E-state index contributed by atoms with van der Waals surface area (Å²) < 4.78 is 10.6. The van der Waals surface area contributed by atoms with Gasteiger partial charge >= 0.3 is 0 Å². The van der Waals surface area contributed by atoms with E-state index in [0.717, 1.165) is 11.1 Å². The van der Waals surface area contributed by atoms with E-state index in [9.17, 15) is 9.90 Å². The lowest BCUT2D eigenvalue weighted by Crippen LogP contribution is -2.29. The van der Waals surface area contributed by atoms with Crippen molar-refractivity contribution in [3.63, 3.8) is 0 Å². The second-order valence-corrected chi connectivity index (χ2v) is 5.90. The van der Waals surface area contributed by atoms with Gasteiger partial charge in [-0.05, 0) is 43.0 Å². The van der Waals surface area contributed by atoms with E-state index in [1.54, 1.807) is 7.11 Å². The van der Waals surface area contributed by atoms with E-state index in [1.807, 2.05) is 25.1 Å². The van der Waals surface area contributed by atoms with Gasteiger partial charge in [-0.2, -0.15) is 0 Å². The van der Waals surface area contributed by atoms with E-state index in [2.05, 4.69) is 0 Å². The highest BCUT2D eigenvalue weighted by Gasteiger charge is 2.47. The Balaban J connectivity index is 2.10. The maximum atomic E-state index is 12.5. The smallest absolute Gasteiger partial charge is 0.167 e. The molecule has 1 spiro atoms. The summed E-state index contributed by atoms with van der Waals surface area (Å²) in [6.07, 6.45) is 1.79. The Labute approximate surface area is 124 Å². The molecule has 2 aliphatic rings. The summed E-state index contributed by atoms with van der Waals surface area (Å²) in [6, 6.07) is 5.61. The molecular weight excluding hydrogens is 268 g/mol. The summed E-state index contributed by atoms with van der Waals surface area (Å²) in [5.74, 6) is 0.953. The number of ether oxygens (including phenoxy) is 2. The number of benzene rings is 1. The van der Waals surface area contributed by atoms with Gasteiger partial charge in [0.2, 0.25) is 0 Å². The zero-order valence-electron chi connectivity index (χ0n) is 12.4. The summed E-state index contributed by atoms with van der Waals surface area (Å²) in [5, 5.41) is 10.7. The van der Waals surface area contributed by atoms with Crippen molar-refractivity contribution in [1.82, 2.24) is 0 Å². The summed E-state index contributed by atoms with van der Waals surface area (Å²) >= 11 is 0. The number of aliphatic hydroxyl groups is 1. The van der Waals surface area contributed by atoms with Crippen molar-refractivity contribution in [2.45, 2.75) is 26.2 Å². The standard InChI is InChI=1S/C17H20O4/c1-11-3-4-12(20-2)9-13(11)15-14(18)10-17(16(15)19)5-7-21-8-6-17/h3-4,9,19H,5-8,10H2,1-2H3. The molecule has 1 aliphatic heterocycles. The Kier molecular flexibility index (Phi) is 3.49. The Morgan fingerprint density at radius 2 is 2.00 bits per heavy atom. The molecule has 21 heavy (non-hydrogen) atoms. The maximum absolute atomic E-state index is 12.5. The molecule has 0 amide bonds. The number of carbonyl (C=O) groups excluding carboxylic acids is 1. The van der Waals surface area contributed by atoms with E-state index in [1.165, 1.54) is 0 Å². The highest BCUT2D eigenvalue weighted by molar-refractivity contribution is 6.24. The first kappa shape index (κ1) is 14.1. The Hall–Kier alpha value is -1.81. The topological polar surface area (TPSA) is 55.8 Å². The molecule has 0 bridgehead atoms. The fourth-order valence-electron chi connectivity index (χ4n) is 3.33. The zero-order valence-corrected chi connectivity index (χ0v) is 12.4. The average Bonchev–Trinajstić information content (AvgIpc) is 2.72. The molecule has 1 fully saturated rings. The third-order valence-corrected chi connectivity index (χ3v) is 4.68. The van der Waals surface area contributed by atoms with Gasteiger partial charge in [0, 0.05) is 25.0 Å². The molecule has 1 aromatic rings. The molecule has 4 heteroatoms. The molecule has 3 rings (SSSR count). The van der Waals surface area contributed by atoms with Crippen LogP contribution in [0.15, 0.2) is 24.0 Å². The van der Waals surface area contributed by atoms with Crippen LogP contribution in [0.4, 0.5) is 0 Å². The lowest BCUT2D eigenvalue weighted by atomic mass is 9.78. The van der Waals surface area contributed by atoms with Crippen LogP contribution in [0.5, 0.6) is 5.75 Å². The Morgan fingerprint density at radius 1 is 1.29 bits per heavy atom. The van der Waals surface area contributed by atoms with Gasteiger partial charge in [-0.3, -0.25) is 4.79 Å². The molecule has 0 atom stereocenters. The van der Waals surface area contributed by atoms with E-state index in [-0.39, 0.29) is 11.5 Å². The highest BCUT2D eigenvalue weighted by atomic mass is 16.5. The second kappa shape index (κ2) is 5.19. The van der Waals surface area contributed by atoms with E-state index < -0.39 is 5.41 Å². The van der Waals surface area contributed by atoms with Crippen molar-refractivity contribution < 1.29 is 19.4 Å². The number of methoxy groups -OCH3 is 1. The van der Waals surface area contributed by atoms with Crippen LogP contribution in [0.25, 0.3) is 5.57 Å². The van der Waals surface area contributed by atoms with Crippen molar-refractivity contribution in [2.24, 2.45) is 5.41 Å². The first-order valence-corrected chi connectivity index (χ1v) is 7.27. The second-order valence-electron chi connectivity index (χ2n) is 5.90. The zero-order chi connectivity index (χ0) is 15.0. The molecule has 1 aromatic carbocycles. The molecule has 1 saturated heterocycles. The molecule has 1 N–H and O–H groups in total. The number of hydrogen-bond donors (Lipinski definition) is 1. The quantitative estimate of drug-likeness (QED) is 0.908. The van der Waals surface area contributed by atoms with E-state index in [4.69, 9.17) is 9.47 Å². The normalized spacial score (nSPS) is 21.1. The van der Waals surface area contributed by atoms with Gasteiger partial charge in [-0.25, -0.2) is 0 Å². The SMILES string of the molecule is COc1ccc(C)c(C2=C(O)C3(CCOCC3)CC2=O)c1. The third-order valence-electron chi connectivity index (χ3n) is 4.68. The number of ketones is 1. The highest BCUT2D eigenvalue weighted by Crippen LogP contribution is 2.50. The van der Waals surface area contributed by atoms with Crippen molar-refractivity contribution in [2.75, 3.05) is 20.3 Å². The van der Waals surface area contributed by atoms with Crippen molar-refractivity contribution in [3.05, 3.63) is 35.1 Å². The van der Waals surface area contributed by atoms with Crippen LogP contribution in [0.1, 0.15) is 30.4 Å². The van der Waals surface area contributed by atoms with Gasteiger partial charge in [0.25, 0.3) is 0 Å². The lowest BCUT2D eigenvalue weighted by molar-refractivity contribution is -0.115. The maximum Gasteiger partial charge on any atom is 0.167 e. The Morgan fingerprint density at radius 3 is 2.67 bits per heavy atom. The number of allylic oxidation sites excluding steroid dienone is 2. The van der Waals surface area contributed by atoms with E-state index in [0.29, 0.717) is 43.8 Å². The number of carbonyl (C=O) groups is 1. The van der Waals surface area contributed by atoms with Gasteiger partial charge in [0.15, 0.2) is 5.78 Å². The molecular formula is C17H20O4. The minimum atomic E-state index is -0.416. The minimum absolute atomic E-state index is 0.0192. The van der Waals surface area contributed by atoms with E-state index >= 15 is 0 Å². The van der Waals surface area contributed by atoms with Crippen molar-refractivity contribution >= 4 is 11.4 Å². The Bertz CT molecular complexity index is 609. The average molecular weight is 288 g/mol. The molecule has 0 radical (unpaired) electrons. The van der Waals surface area contributed by atoms with Crippen LogP contribution in [-0.2, 0) is 9.53 Å². The monoisotopic (exact) mass is 288 g/mol. The van der Waals surface area contributed by atoms with Gasteiger partial charge < -0.3 is 14.6 Å². The van der Waals surface area contributed by atoms with Crippen LogP contribution in [-0.4, -0.2) is 31.2 Å². The van der Waals surface area contributed by atoms with Crippen LogP contribution in [0.2, 0.25) is 0 Å². The van der Waals surface area contributed by atoms with Gasteiger partial charge in [0.05, 0.1) is 12.7 Å². The molecule has 1 heterocycles. The van der Waals surface area contributed by atoms with Crippen LogP contribution >= 0.6 is 0 Å². The number of hydrogen-bond acceptors (Lipinski definition) is 4. The molecule has 0 aromatic heterocycles. The molecule has 1 aliphatic carbocycles. The van der Waals surface area contributed by atoms with Gasteiger partial charge in [-0.15, -0.1) is 0 Å². The third kappa shape index (κ3) is 2.23. The fourth-order valence-corrected chi connectivity index (χ4v) is 3.33. The predicted molar refractivity (Wildman–Crippen MR) is 79.4 cm³/mol. The largest absolute Gasteiger partial charge is 0.511 e. The number of Topliss-reactive ketones (excluding diaryl/α,β-unsaturated/α-hetero) is 1. The predicted octanol–water partition coefficient (Wildman–Crippen LogP) is 3.04. The number of rotatable bonds is 2. The number of aliphatic hydroxyl groups excluding tert-OH is 1. The molecule has 112 valence electrons. The fraction of sp³-hybridized carbons (Fsp3) is 0.471. The molecule has 0 saturated carbocycles. The summed E-state index contributed by atoms with van der Waals surface area (Å²) in [4.78, 5) is 12.5. The first-order valence-electron chi connectivity index (χ1n) is 7.27. The van der Waals surface area contributed by atoms with Crippen LogP contribution in [0, 0.1) is 12.3 Å². The van der Waals surface area contributed by atoms with Crippen LogP contribution < -0.4 is 4.74 Å². The van der Waals surface area contributed by atoms with Crippen molar-refractivity contribution in [3.8, 4) is 5.75 Å². The number of aryl methyl sites for hydroxylation is 1. The van der Waals surface area contributed by atoms with Crippen molar-refractivity contribution in [1.29, 1.82) is 0 Å². The molecule has 0 unspecified atom stereocenters. The minimum Gasteiger partial charge on any atom is -0.511 e. The van der Waals surface area contributed by atoms with Crippen LogP contribution in [0.3, 0.4) is 0 Å². The van der Waals surface area contributed by atoms with Gasteiger partial charge in [0.1, 0.15) is 11.5 Å².